The summed E-state index contributed by atoms with van der Waals surface area (Å²) in [6.45, 7) is 4.42. The molecule has 2 rings (SSSR count). The van der Waals surface area contributed by atoms with Gasteiger partial charge in [-0.1, -0.05) is 54.1 Å². The lowest BCUT2D eigenvalue weighted by atomic mass is 10.2. The molecule has 0 heterocycles. The molecule has 0 aliphatic heterocycles. The van der Waals surface area contributed by atoms with Crippen LogP contribution in [-0.4, -0.2) is 31.5 Å². The second-order valence-corrected chi connectivity index (χ2v) is 5.75. The highest BCUT2D eigenvalue weighted by atomic mass is 35.5. The average molecular weight is 359 g/mol. The Balaban J connectivity index is 1.79. The Hall–Kier alpha value is -2.53. The van der Waals surface area contributed by atoms with E-state index in [2.05, 4.69) is 20.9 Å². The molecule has 0 spiro atoms. The van der Waals surface area contributed by atoms with E-state index in [1.54, 1.807) is 24.3 Å². The third kappa shape index (κ3) is 6.47. The molecule has 0 saturated carbocycles. The van der Waals surface area contributed by atoms with Crippen LogP contribution in [-0.2, 0) is 6.54 Å². The minimum atomic E-state index is -0.182. The number of carbonyl (C=O) groups is 1. The van der Waals surface area contributed by atoms with E-state index in [1.165, 1.54) is 0 Å². The molecule has 0 bridgehead atoms. The Bertz CT molecular complexity index is 704. The van der Waals surface area contributed by atoms with Crippen LogP contribution in [0.2, 0.25) is 5.02 Å². The van der Waals surface area contributed by atoms with Crippen LogP contribution in [0.5, 0.6) is 0 Å². The van der Waals surface area contributed by atoms with Gasteiger partial charge in [-0.25, -0.2) is 4.99 Å². The summed E-state index contributed by atoms with van der Waals surface area (Å²) in [7, 11) is 0. The number of amides is 1. The summed E-state index contributed by atoms with van der Waals surface area (Å²) >= 11 is 6.02. The SMILES string of the molecule is CCNC(=NCc1ccccc1)NCCNC(=O)c1ccccc1Cl. The van der Waals surface area contributed by atoms with E-state index in [9.17, 15) is 4.79 Å². The van der Waals surface area contributed by atoms with Crippen molar-refractivity contribution >= 4 is 23.5 Å². The maximum absolute atomic E-state index is 12.1. The third-order valence-electron chi connectivity index (χ3n) is 3.43. The molecule has 2 aromatic carbocycles. The molecular formula is C19H23ClN4O. The van der Waals surface area contributed by atoms with Gasteiger partial charge in [-0.2, -0.15) is 0 Å². The molecule has 0 saturated heterocycles. The maximum atomic E-state index is 12.1. The number of guanidine groups is 1. The van der Waals surface area contributed by atoms with E-state index < -0.39 is 0 Å². The van der Waals surface area contributed by atoms with Gasteiger partial charge in [-0.3, -0.25) is 4.79 Å². The molecule has 132 valence electrons. The lowest BCUT2D eigenvalue weighted by Gasteiger charge is -2.12. The largest absolute Gasteiger partial charge is 0.357 e. The van der Waals surface area contributed by atoms with Crippen molar-refractivity contribution in [3.05, 3.63) is 70.7 Å². The Morgan fingerprint density at radius 2 is 1.64 bits per heavy atom. The van der Waals surface area contributed by atoms with Gasteiger partial charge in [0.05, 0.1) is 17.1 Å². The summed E-state index contributed by atoms with van der Waals surface area (Å²) in [5.41, 5.74) is 1.63. The fourth-order valence-corrected chi connectivity index (χ4v) is 2.41. The summed E-state index contributed by atoms with van der Waals surface area (Å²) in [6, 6.07) is 17.0. The van der Waals surface area contributed by atoms with Crippen LogP contribution in [0, 0.1) is 0 Å². The molecule has 0 unspecified atom stereocenters. The Morgan fingerprint density at radius 1 is 0.960 bits per heavy atom. The quantitative estimate of drug-likeness (QED) is 0.405. The highest BCUT2D eigenvalue weighted by Gasteiger charge is 2.08. The standard InChI is InChI=1S/C19H23ClN4O/c1-2-21-19(24-14-15-8-4-3-5-9-15)23-13-12-22-18(25)16-10-6-7-11-17(16)20/h3-11H,2,12-14H2,1H3,(H,22,25)(H2,21,23,24). The highest BCUT2D eigenvalue weighted by molar-refractivity contribution is 6.33. The minimum Gasteiger partial charge on any atom is -0.357 e. The molecule has 6 heteroatoms. The number of carbonyl (C=O) groups excluding carboxylic acids is 1. The van der Waals surface area contributed by atoms with Gasteiger partial charge in [0.1, 0.15) is 0 Å². The lowest BCUT2D eigenvalue weighted by Crippen LogP contribution is -2.41. The predicted molar refractivity (Wildman–Crippen MR) is 103 cm³/mol. The number of hydrogen-bond acceptors (Lipinski definition) is 2. The molecule has 3 N–H and O–H groups in total. The van der Waals surface area contributed by atoms with Crippen molar-refractivity contribution in [2.75, 3.05) is 19.6 Å². The summed E-state index contributed by atoms with van der Waals surface area (Å²) in [6.07, 6.45) is 0. The van der Waals surface area contributed by atoms with Crippen LogP contribution in [0.1, 0.15) is 22.8 Å². The normalized spacial score (nSPS) is 11.0. The molecule has 0 radical (unpaired) electrons. The summed E-state index contributed by atoms with van der Waals surface area (Å²) in [4.78, 5) is 16.6. The van der Waals surface area contributed by atoms with E-state index in [-0.39, 0.29) is 5.91 Å². The van der Waals surface area contributed by atoms with Gasteiger partial charge in [0.2, 0.25) is 0 Å². The van der Waals surface area contributed by atoms with Gasteiger partial charge in [-0.15, -0.1) is 0 Å². The van der Waals surface area contributed by atoms with Crippen molar-refractivity contribution in [1.29, 1.82) is 0 Å². The zero-order valence-electron chi connectivity index (χ0n) is 14.3. The number of hydrogen-bond donors (Lipinski definition) is 3. The number of nitrogens with one attached hydrogen (secondary N) is 3. The van der Waals surface area contributed by atoms with Crippen LogP contribution < -0.4 is 16.0 Å². The van der Waals surface area contributed by atoms with Crippen molar-refractivity contribution in [3.63, 3.8) is 0 Å². The van der Waals surface area contributed by atoms with E-state index >= 15 is 0 Å². The van der Waals surface area contributed by atoms with Crippen molar-refractivity contribution in [3.8, 4) is 0 Å². The van der Waals surface area contributed by atoms with E-state index in [4.69, 9.17) is 11.6 Å². The van der Waals surface area contributed by atoms with E-state index in [0.717, 1.165) is 18.1 Å². The molecule has 5 nitrogen and oxygen atoms in total. The monoisotopic (exact) mass is 358 g/mol. The summed E-state index contributed by atoms with van der Waals surface area (Å²) in [5, 5.41) is 9.68. The first kappa shape index (κ1) is 18.8. The Labute approximate surface area is 153 Å². The average Bonchev–Trinajstić information content (AvgIpc) is 2.64. The van der Waals surface area contributed by atoms with Crippen molar-refractivity contribution in [2.24, 2.45) is 4.99 Å². The van der Waals surface area contributed by atoms with Gasteiger partial charge in [0, 0.05) is 19.6 Å². The fraction of sp³-hybridized carbons (Fsp3) is 0.263. The molecule has 0 atom stereocenters. The second kappa shape index (κ2) is 10.4. The molecular weight excluding hydrogens is 336 g/mol. The van der Waals surface area contributed by atoms with Gasteiger partial charge in [-0.05, 0) is 24.6 Å². The number of benzene rings is 2. The smallest absolute Gasteiger partial charge is 0.252 e. The van der Waals surface area contributed by atoms with E-state index in [0.29, 0.717) is 30.2 Å². The summed E-state index contributed by atoms with van der Waals surface area (Å²) in [5.74, 6) is 0.539. The molecule has 1 amide bonds. The highest BCUT2D eigenvalue weighted by Crippen LogP contribution is 2.14. The van der Waals surface area contributed by atoms with Crippen LogP contribution in [0.3, 0.4) is 0 Å². The van der Waals surface area contributed by atoms with Gasteiger partial charge in [0.25, 0.3) is 5.91 Å². The third-order valence-corrected chi connectivity index (χ3v) is 3.76. The number of halogens is 1. The maximum Gasteiger partial charge on any atom is 0.252 e. The molecule has 0 aromatic heterocycles. The van der Waals surface area contributed by atoms with Crippen molar-refractivity contribution in [1.82, 2.24) is 16.0 Å². The van der Waals surface area contributed by atoms with Crippen LogP contribution in [0.15, 0.2) is 59.6 Å². The molecule has 0 fully saturated rings. The van der Waals surface area contributed by atoms with Crippen LogP contribution in [0.4, 0.5) is 0 Å². The first-order chi connectivity index (χ1) is 12.2. The van der Waals surface area contributed by atoms with Gasteiger partial charge < -0.3 is 16.0 Å². The zero-order valence-corrected chi connectivity index (χ0v) is 15.0. The van der Waals surface area contributed by atoms with Crippen LogP contribution in [0.25, 0.3) is 0 Å². The molecule has 25 heavy (non-hydrogen) atoms. The minimum absolute atomic E-state index is 0.182. The Kier molecular flexibility index (Phi) is 7.79. The van der Waals surface area contributed by atoms with Crippen LogP contribution >= 0.6 is 11.6 Å². The topological polar surface area (TPSA) is 65.5 Å². The van der Waals surface area contributed by atoms with Crippen molar-refractivity contribution < 1.29 is 4.79 Å². The number of nitrogens with zero attached hydrogens (tertiary/aromatic N) is 1. The Morgan fingerprint density at radius 3 is 2.36 bits per heavy atom. The zero-order chi connectivity index (χ0) is 17.9. The van der Waals surface area contributed by atoms with E-state index in [1.807, 2.05) is 37.3 Å². The fourth-order valence-electron chi connectivity index (χ4n) is 2.19. The molecule has 2 aromatic rings. The van der Waals surface area contributed by atoms with Gasteiger partial charge >= 0.3 is 0 Å². The van der Waals surface area contributed by atoms with Gasteiger partial charge in [0.15, 0.2) is 5.96 Å². The number of rotatable bonds is 7. The first-order valence-corrected chi connectivity index (χ1v) is 8.67. The molecule has 0 aliphatic carbocycles. The van der Waals surface area contributed by atoms with Crippen molar-refractivity contribution in [2.45, 2.75) is 13.5 Å². The second-order valence-electron chi connectivity index (χ2n) is 5.34. The predicted octanol–water partition coefficient (Wildman–Crippen LogP) is 2.83. The molecule has 0 aliphatic rings. The number of aliphatic imine (C=N–C) groups is 1. The lowest BCUT2D eigenvalue weighted by molar-refractivity contribution is 0.0954. The first-order valence-electron chi connectivity index (χ1n) is 8.29. The summed E-state index contributed by atoms with van der Waals surface area (Å²) < 4.78 is 0.